The smallest absolute Gasteiger partial charge is 0.381 e. The maximum atomic E-state index is 13.0. The van der Waals surface area contributed by atoms with Crippen molar-refractivity contribution < 1.29 is 13.2 Å². The molecule has 0 saturated heterocycles. The van der Waals surface area contributed by atoms with Crippen LogP contribution in [0.25, 0.3) is 0 Å². The monoisotopic (exact) mass is 298 g/mol. The quantitative estimate of drug-likeness (QED) is 0.926. The summed E-state index contributed by atoms with van der Waals surface area (Å²) in [5.41, 5.74) is 5.52. The molecule has 1 aromatic heterocycles. The fraction of sp³-hybridized carbons (Fsp3) is 0.429. The number of benzene rings is 1. The lowest BCUT2D eigenvalue weighted by atomic mass is 9.91. The van der Waals surface area contributed by atoms with E-state index in [4.69, 9.17) is 5.73 Å². The van der Waals surface area contributed by atoms with Crippen LogP contribution in [0, 0.1) is 0 Å². The van der Waals surface area contributed by atoms with Crippen molar-refractivity contribution in [3.8, 4) is 0 Å². The molecule has 114 valence electrons. The number of halogens is 3. The van der Waals surface area contributed by atoms with Gasteiger partial charge in [0.05, 0.1) is 17.8 Å². The van der Waals surface area contributed by atoms with Crippen molar-refractivity contribution in [1.82, 2.24) is 15.0 Å². The van der Waals surface area contributed by atoms with Gasteiger partial charge >= 0.3 is 6.18 Å². The number of nitrogens with zero attached hydrogens (tertiary/aromatic N) is 3. The summed E-state index contributed by atoms with van der Waals surface area (Å²) in [5, 5.41) is 7.66. The molecule has 0 amide bonds. The van der Waals surface area contributed by atoms with Crippen LogP contribution in [-0.4, -0.2) is 15.0 Å². The van der Waals surface area contributed by atoms with Gasteiger partial charge in [-0.3, -0.25) is 0 Å². The molecule has 2 aromatic rings. The number of rotatable bonds is 2. The molecule has 1 aromatic carbocycles. The molecule has 7 heteroatoms. The molecule has 0 aliphatic rings. The van der Waals surface area contributed by atoms with Crippen LogP contribution in [0.4, 0.5) is 19.0 Å². The maximum absolute atomic E-state index is 13.0. The Morgan fingerprint density at radius 1 is 1.14 bits per heavy atom. The van der Waals surface area contributed by atoms with Crippen LogP contribution >= 0.6 is 0 Å². The van der Waals surface area contributed by atoms with Gasteiger partial charge in [-0.2, -0.15) is 13.2 Å². The number of aromatic nitrogens is 3. The summed E-state index contributed by atoms with van der Waals surface area (Å²) in [4.78, 5) is 0. The second kappa shape index (κ2) is 5.05. The second-order valence-electron chi connectivity index (χ2n) is 5.89. The highest BCUT2D eigenvalue weighted by Crippen LogP contribution is 2.33. The van der Waals surface area contributed by atoms with Crippen molar-refractivity contribution in [1.29, 1.82) is 0 Å². The highest BCUT2D eigenvalue weighted by Gasteiger charge is 2.33. The third-order valence-electron chi connectivity index (χ3n) is 3.11. The Morgan fingerprint density at radius 2 is 1.76 bits per heavy atom. The summed E-state index contributed by atoms with van der Waals surface area (Å²) in [6, 6.07) is 5.44. The normalized spacial score (nSPS) is 12.7. The van der Waals surface area contributed by atoms with Crippen molar-refractivity contribution >= 4 is 5.82 Å². The predicted molar refractivity (Wildman–Crippen MR) is 73.7 cm³/mol. The molecule has 0 unspecified atom stereocenters. The summed E-state index contributed by atoms with van der Waals surface area (Å²) in [5.74, 6) is 0.243. The zero-order valence-corrected chi connectivity index (χ0v) is 12.1. The third-order valence-corrected chi connectivity index (χ3v) is 3.11. The highest BCUT2D eigenvalue weighted by atomic mass is 19.4. The fourth-order valence-electron chi connectivity index (χ4n) is 2.30. The zero-order valence-electron chi connectivity index (χ0n) is 12.1. The number of hydrogen-bond donors (Lipinski definition) is 1. The molecule has 21 heavy (non-hydrogen) atoms. The van der Waals surface area contributed by atoms with Gasteiger partial charge in [0, 0.05) is 5.41 Å². The Hall–Kier alpha value is -2.05. The maximum Gasteiger partial charge on any atom is 0.416 e. The largest absolute Gasteiger partial charge is 0.416 e. The van der Waals surface area contributed by atoms with Crippen LogP contribution in [0.3, 0.4) is 0 Å². The minimum absolute atomic E-state index is 0.0213. The molecule has 0 saturated carbocycles. The molecule has 0 radical (unpaired) electrons. The van der Waals surface area contributed by atoms with E-state index in [2.05, 4.69) is 10.3 Å². The van der Waals surface area contributed by atoms with Crippen LogP contribution in [0.2, 0.25) is 0 Å². The molecule has 4 nitrogen and oxygen atoms in total. The van der Waals surface area contributed by atoms with Crippen LogP contribution in [0.5, 0.6) is 0 Å². The van der Waals surface area contributed by atoms with Gasteiger partial charge in [0.2, 0.25) is 0 Å². The molecule has 2 rings (SSSR count). The number of anilines is 1. The minimum atomic E-state index is -4.40. The van der Waals surface area contributed by atoms with E-state index >= 15 is 0 Å². The Balaban J connectivity index is 2.46. The average Bonchev–Trinajstić information content (AvgIpc) is 2.69. The Bertz CT molecular complexity index is 638. The molecular weight excluding hydrogens is 281 g/mol. The lowest BCUT2D eigenvalue weighted by molar-refractivity contribution is -0.138. The fourth-order valence-corrected chi connectivity index (χ4v) is 2.30. The first-order valence-corrected chi connectivity index (χ1v) is 6.45. The van der Waals surface area contributed by atoms with Gasteiger partial charge in [-0.05, 0) is 11.6 Å². The molecular formula is C14H17F3N4. The highest BCUT2D eigenvalue weighted by molar-refractivity contribution is 5.39. The number of alkyl halides is 3. The van der Waals surface area contributed by atoms with E-state index in [0.717, 1.165) is 6.07 Å². The van der Waals surface area contributed by atoms with Crippen LogP contribution in [-0.2, 0) is 18.1 Å². The van der Waals surface area contributed by atoms with Crippen molar-refractivity contribution in [2.24, 2.45) is 0 Å². The summed E-state index contributed by atoms with van der Waals surface area (Å²) in [6.45, 7) is 5.71. The van der Waals surface area contributed by atoms with E-state index in [0.29, 0.717) is 5.69 Å². The average molecular weight is 298 g/mol. The van der Waals surface area contributed by atoms with Crippen LogP contribution in [0.15, 0.2) is 24.3 Å². The standard InChI is InChI=1S/C14H17F3N4/c1-13(2,3)11-12(18)19-20-21(11)8-9-6-4-5-7-10(9)14(15,16)17/h4-7H,8,18H2,1-3H3. The lowest BCUT2D eigenvalue weighted by Gasteiger charge is -2.21. The lowest BCUT2D eigenvalue weighted by Crippen LogP contribution is -2.21. The molecule has 1 heterocycles. The number of nitrogen functional groups attached to an aromatic ring is 1. The van der Waals surface area contributed by atoms with Gasteiger partial charge < -0.3 is 5.73 Å². The van der Waals surface area contributed by atoms with E-state index < -0.39 is 11.7 Å². The van der Waals surface area contributed by atoms with E-state index in [9.17, 15) is 13.2 Å². The van der Waals surface area contributed by atoms with Crippen molar-refractivity contribution in [2.45, 2.75) is 38.9 Å². The van der Waals surface area contributed by atoms with Gasteiger partial charge in [0.15, 0.2) is 5.82 Å². The van der Waals surface area contributed by atoms with E-state index in [-0.39, 0.29) is 23.3 Å². The first kappa shape index (κ1) is 15.3. The Labute approximate surface area is 120 Å². The van der Waals surface area contributed by atoms with Gasteiger partial charge in [-0.15, -0.1) is 5.10 Å². The first-order chi connectivity index (χ1) is 9.60. The van der Waals surface area contributed by atoms with Crippen LogP contribution < -0.4 is 5.73 Å². The van der Waals surface area contributed by atoms with Gasteiger partial charge in [-0.1, -0.05) is 44.2 Å². The minimum Gasteiger partial charge on any atom is -0.381 e. The topological polar surface area (TPSA) is 56.7 Å². The summed E-state index contributed by atoms with van der Waals surface area (Å²) in [6.07, 6.45) is -4.40. The summed E-state index contributed by atoms with van der Waals surface area (Å²) >= 11 is 0. The molecule has 0 fully saturated rings. The molecule has 2 N–H and O–H groups in total. The molecule has 0 spiro atoms. The van der Waals surface area contributed by atoms with Crippen molar-refractivity contribution in [2.75, 3.05) is 5.73 Å². The first-order valence-electron chi connectivity index (χ1n) is 6.45. The van der Waals surface area contributed by atoms with E-state index in [1.807, 2.05) is 20.8 Å². The zero-order chi connectivity index (χ0) is 15.8. The Kier molecular flexibility index (Phi) is 3.69. The van der Waals surface area contributed by atoms with Gasteiger partial charge in [-0.25, -0.2) is 4.68 Å². The summed E-state index contributed by atoms with van der Waals surface area (Å²) < 4.78 is 40.5. The van der Waals surface area contributed by atoms with Crippen molar-refractivity contribution in [3.63, 3.8) is 0 Å². The molecule has 0 aliphatic heterocycles. The van der Waals surface area contributed by atoms with E-state index in [1.54, 1.807) is 6.07 Å². The van der Waals surface area contributed by atoms with Gasteiger partial charge in [0.25, 0.3) is 0 Å². The number of hydrogen-bond acceptors (Lipinski definition) is 3. The van der Waals surface area contributed by atoms with Gasteiger partial charge in [0.1, 0.15) is 0 Å². The SMILES string of the molecule is CC(C)(C)c1c(N)nnn1Cc1ccccc1C(F)(F)F. The van der Waals surface area contributed by atoms with Crippen molar-refractivity contribution in [3.05, 3.63) is 41.1 Å². The molecule has 0 aliphatic carbocycles. The second-order valence-corrected chi connectivity index (χ2v) is 5.89. The van der Waals surface area contributed by atoms with E-state index in [1.165, 1.54) is 16.8 Å². The summed E-state index contributed by atoms with van der Waals surface area (Å²) in [7, 11) is 0. The third kappa shape index (κ3) is 3.17. The molecule has 0 bridgehead atoms. The van der Waals surface area contributed by atoms with Crippen LogP contribution in [0.1, 0.15) is 37.6 Å². The Morgan fingerprint density at radius 3 is 2.33 bits per heavy atom. The number of nitrogens with two attached hydrogens (primary N) is 1. The predicted octanol–water partition coefficient (Wildman–Crippen LogP) is 3.22. The molecule has 0 atom stereocenters.